The van der Waals surface area contributed by atoms with Gasteiger partial charge in [0, 0.05) is 11.6 Å². The highest BCUT2D eigenvalue weighted by atomic mass is 19.1. The van der Waals surface area contributed by atoms with Crippen molar-refractivity contribution in [3.05, 3.63) is 53.8 Å². The Morgan fingerprint density at radius 3 is 2.50 bits per heavy atom. The lowest BCUT2D eigenvalue weighted by atomic mass is 9.97. The van der Waals surface area contributed by atoms with Crippen molar-refractivity contribution in [3.63, 3.8) is 0 Å². The minimum atomic E-state index is -0.352. The number of amides is 1. The van der Waals surface area contributed by atoms with Gasteiger partial charge >= 0.3 is 0 Å². The zero-order chi connectivity index (χ0) is 18.8. The van der Waals surface area contributed by atoms with Gasteiger partial charge < -0.3 is 0 Å². The number of nitriles is 1. The molecule has 3 rings (SSSR count). The van der Waals surface area contributed by atoms with Crippen molar-refractivity contribution in [1.82, 2.24) is 9.55 Å². The summed E-state index contributed by atoms with van der Waals surface area (Å²) in [6.45, 7) is 5.82. The summed E-state index contributed by atoms with van der Waals surface area (Å²) in [5.74, 6) is -0.150. The van der Waals surface area contributed by atoms with Crippen molar-refractivity contribution in [2.75, 3.05) is 5.32 Å². The fourth-order valence-corrected chi connectivity index (χ4v) is 2.61. The molecule has 0 aliphatic carbocycles. The van der Waals surface area contributed by atoms with Crippen LogP contribution in [0.2, 0.25) is 0 Å². The van der Waals surface area contributed by atoms with Crippen molar-refractivity contribution in [2.45, 2.75) is 20.8 Å². The molecule has 2 aromatic carbocycles. The number of aromatic nitrogens is 2. The maximum Gasteiger partial charge on any atom is 0.229 e. The largest absolute Gasteiger partial charge is 0.295 e. The molecule has 0 saturated carbocycles. The van der Waals surface area contributed by atoms with E-state index in [-0.39, 0.29) is 23.6 Å². The second kappa shape index (κ2) is 6.96. The first-order chi connectivity index (χ1) is 12.4. The minimum absolute atomic E-state index is 0.140. The highest BCUT2D eigenvalue weighted by molar-refractivity contribution is 5.94. The quantitative estimate of drug-likeness (QED) is 0.764. The van der Waals surface area contributed by atoms with Crippen LogP contribution in [0.4, 0.5) is 10.3 Å². The molecule has 0 aliphatic heterocycles. The van der Waals surface area contributed by atoms with Gasteiger partial charge in [0.25, 0.3) is 0 Å². The van der Waals surface area contributed by atoms with E-state index in [1.165, 1.54) is 12.1 Å². The van der Waals surface area contributed by atoms with Gasteiger partial charge in [0.1, 0.15) is 5.82 Å². The van der Waals surface area contributed by atoms with Crippen LogP contribution in [-0.2, 0) is 4.79 Å². The molecule has 0 spiro atoms. The molecule has 1 N–H and O–H groups in total. The monoisotopic (exact) mass is 350 g/mol. The Hall–Kier alpha value is -3.20. The second-order valence-electron chi connectivity index (χ2n) is 6.58. The topological polar surface area (TPSA) is 70.7 Å². The molecule has 6 heteroatoms. The number of anilines is 1. The van der Waals surface area contributed by atoms with Gasteiger partial charge in [0.2, 0.25) is 11.9 Å². The van der Waals surface area contributed by atoms with Crippen LogP contribution < -0.4 is 5.32 Å². The Bertz CT molecular complexity index is 999. The number of fused-ring (bicyclic) bond motifs is 1. The number of benzene rings is 2. The first kappa shape index (κ1) is 17.6. The van der Waals surface area contributed by atoms with Crippen LogP contribution >= 0.6 is 0 Å². The minimum Gasteiger partial charge on any atom is -0.295 e. The maximum atomic E-state index is 13.3. The van der Waals surface area contributed by atoms with Gasteiger partial charge in [-0.2, -0.15) is 5.26 Å². The first-order valence-electron chi connectivity index (χ1n) is 8.40. The molecular formula is C20H19FN4O. The number of nitrogens with zero attached hydrogens (tertiary/aromatic N) is 3. The van der Waals surface area contributed by atoms with Crippen LogP contribution in [0.5, 0.6) is 0 Å². The Morgan fingerprint density at radius 1 is 1.19 bits per heavy atom. The summed E-state index contributed by atoms with van der Waals surface area (Å²) in [6.07, 6.45) is 0. The molecule has 0 radical (unpaired) electrons. The third-order valence-corrected chi connectivity index (χ3v) is 4.52. The van der Waals surface area contributed by atoms with Gasteiger partial charge in [-0.3, -0.25) is 14.7 Å². The molecule has 0 aliphatic rings. The van der Waals surface area contributed by atoms with Crippen molar-refractivity contribution in [1.29, 1.82) is 5.26 Å². The molecular weight excluding hydrogens is 331 g/mol. The van der Waals surface area contributed by atoms with E-state index in [0.29, 0.717) is 28.2 Å². The molecule has 132 valence electrons. The Morgan fingerprint density at radius 2 is 1.88 bits per heavy atom. The summed E-state index contributed by atoms with van der Waals surface area (Å²) in [7, 11) is 0. The Balaban J connectivity index is 2.15. The number of carbonyl (C=O) groups excluding carboxylic acids is 1. The molecule has 5 nitrogen and oxygen atoms in total. The van der Waals surface area contributed by atoms with E-state index in [0.717, 1.165) is 0 Å². The Kier molecular flexibility index (Phi) is 4.72. The van der Waals surface area contributed by atoms with E-state index >= 15 is 0 Å². The summed E-state index contributed by atoms with van der Waals surface area (Å²) < 4.78 is 15.1. The number of imidazole rings is 1. The van der Waals surface area contributed by atoms with Gasteiger partial charge in [-0.15, -0.1) is 0 Å². The summed E-state index contributed by atoms with van der Waals surface area (Å²) in [4.78, 5) is 17.0. The lowest BCUT2D eigenvalue weighted by Gasteiger charge is -2.16. The van der Waals surface area contributed by atoms with Gasteiger partial charge in [0.05, 0.1) is 22.7 Å². The predicted octanol–water partition coefficient (Wildman–Crippen LogP) is 4.27. The third-order valence-electron chi connectivity index (χ3n) is 4.52. The third kappa shape index (κ3) is 3.29. The van der Waals surface area contributed by atoms with Crippen LogP contribution in [-0.4, -0.2) is 15.5 Å². The van der Waals surface area contributed by atoms with Crippen molar-refractivity contribution >= 4 is 22.9 Å². The van der Waals surface area contributed by atoms with E-state index in [9.17, 15) is 14.4 Å². The lowest BCUT2D eigenvalue weighted by Crippen LogP contribution is -2.25. The van der Waals surface area contributed by atoms with E-state index < -0.39 is 0 Å². The van der Waals surface area contributed by atoms with Gasteiger partial charge in [-0.05, 0) is 48.4 Å². The summed E-state index contributed by atoms with van der Waals surface area (Å²) >= 11 is 0. The normalized spacial score (nSPS) is 12.2. The molecule has 26 heavy (non-hydrogen) atoms. The molecule has 0 saturated heterocycles. The highest BCUT2D eigenvalue weighted by Gasteiger charge is 2.21. The number of nitrogens with one attached hydrogen (secondary N) is 1. The zero-order valence-corrected chi connectivity index (χ0v) is 14.8. The highest BCUT2D eigenvalue weighted by Crippen LogP contribution is 2.26. The smallest absolute Gasteiger partial charge is 0.229 e. The molecule has 3 aromatic rings. The molecule has 1 heterocycles. The number of hydrogen-bond acceptors (Lipinski definition) is 3. The predicted molar refractivity (Wildman–Crippen MR) is 98.4 cm³/mol. The second-order valence-corrected chi connectivity index (χ2v) is 6.58. The molecule has 1 atom stereocenters. The standard InChI is InChI=1S/C20H19FN4O/c1-12(2)13(3)19(26)24-20-23-17-9-4-14(11-22)10-18(17)25(20)16-7-5-15(21)6-8-16/h4-10,12-13H,1-3H3,(H,23,24,26). The van der Waals surface area contributed by atoms with E-state index in [1.54, 1.807) is 34.9 Å². The zero-order valence-electron chi connectivity index (χ0n) is 14.8. The fourth-order valence-electron chi connectivity index (χ4n) is 2.61. The van der Waals surface area contributed by atoms with E-state index in [2.05, 4.69) is 16.4 Å². The van der Waals surface area contributed by atoms with Crippen LogP contribution in [0.1, 0.15) is 26.3 Å². The summed E-state index contributed by atoms with van der Waals surface area (Å²) in [5, 5.41) is 12.0. The van der Waals surface area contributed by atoms with Crippen LogP contribution in [0.3, 0.4) is 0 Å². The molecule has 1 amide bonds. The van der Waals surface area contributed by atoms with Gasteiger partial charge in [-0.1, -0.05) is 20.8 Å². The average Bonchev–Trinajstić information content (AvgIpc) is 2.98. The number of hydrogen-bond donors (Lipinski definition) is 1. The first-order valence-corrected chi connectivity index (χ1v) is 8.40. The lowest BCUT2D eigenvalue weighted by molar-refractivity contribution is -0.120. The molecule has 0 fully saturated rings. The Labute approximate surface area is 151 Å². The van der Waals surface area contributed by atoms with Crippen molar-refractivity contribution in [2.24, 2.45) is 11.8 Å². The number of halogens is 1. The number of rotatable bonds is 4. The van der Waals surface area contributed by atoms with Crippen LogP contribution in [0.25, 0.3) is 16.7 Å². The van der Waals surface area contributed by atoms with Gasteiger partial charge in [0.15, 0.2) is 0 Å². The van der Waals surface area contributed by atoms with E-state index in [1.807, 2.05) is 20.8 Å². The van der Waals surface area contributed by atoms with Gasteiger partial charge in [-0.25, -0.2) is 9.37 Å². The summed E-state index contributed by atoms with van der Waals surface area (Å²) in [5.41, 5.74) is 2.44. The molecule has 0 bridgehead atoms. The average molecular weight is 350 g/mol. The van der Waals surface area contributed by atoms with Crippen molar-refractivity contribution < 1.29 is 9.18 Å². The fraction of sp³-hybridized carbons (Fsp3) is 0.250. The maximum absolute atomic E-state index is 13.3. The summed E-state index contributed by atoms with van der Waals surface area (Å²) in [6, 6.07) is 13.1. The molecule has 1 aromatic heterocycles. The van der Waals surface area contributed by atoms with Crippen LogP contribution in [0, 0.1) is 29.0 Å². The van der Waals surface area contributed by atoms with Crippen LogP contribution in [0.15, 0.2) is 42.5 Å². The molecule has 1 unspecified atom stereocenters. The van der Waals surface area contributed by atoms with E-state index in [4.69, 9.17) is 0 Å². The SMILES string of the molecule is CC(C)C(C)C(=O)Nc1nc2ccc(C#N)cc2n1-c1ccc(F)cc1. The van der Waals surface area contributed by atoms with Crippen molar-refractivity contribution in [3.8, 4) is 11.8 Å². The number of carbonyl (C=O) groups is 1.